The van der Waals surface area contributed by atoms with Crippen molar-refractivity contribution in [1.82, 2.24) is 9.58 Å². The molecule has 37 heavy (non-hydrogen) atoms. The van der Waals surface area contributed by atoms with Crippen LogP contribution < -0.4 is 15.2 Å². The summed E-state index contributed by atoms with van der Waals surface area (Å²) >= 11 is 0. The molecule has 2 atom stereocenters. The highest BCUT2D eigenvalue weighted by atomic mass is 19.1. The SMILES string of the molecule is C.C.C.C[C@@H]1C/C=C/COc2c(F)cccc2[C@H](c2ccccc2)N2CN1C(=O)c1c(O)c(=O)ccn12. The number of rotatable bonds is 1. The molecule has 0 spiro atoms. The Labute approximate surface area is 218 Å². The van der Waals surface area contributed by atoms with Crippen LogP contribution >= 0.6 is 0 Å². The average molecular weight is 510 g/mol. The molecule has 0 saturated carbocycles. The molecule has 3 heterocycles. The lowest BCUT2D eigenvalue weighted by molar-refractivity contribution is 0.0606. The van der Waals surface area contributed by atoms with E-state index in [1.54, 1.807) is 23.1 Å². The van der Waals surface area contributed by atoms with Gasteiger partial charge >= 0.3 is 0 Å². The van der Waals surface area contributed by atoms with E-state index >= 15 is 4.39 Å². The Balaban J connectivity index is 0.00000160. The first-order valence-electron chi connectivity index (χ1n) is 11.1. The average Bonchev–Trinajstić information content (AvgIpc) is 2.83. The molecule has 2 aliphatic heterocycles. The minimum atomic E-state index is -0.638. The molecule has 3 aromatic rings. The van der Waals surface area contributed by atoms with E-state index in [0.29, 0.717) is 12.0 Å². The monoisotopic (exact) mass is 509 g/mol. The number of hydrogen-bond donors (Lipinski definition) is 1. The van der Waals surface area contributed by atoms with Gasteiger partial charge in [0, 0.05) is 23.9 Å². The lowest BCUT2D eigenvalue weighted by Gasteiger charge is -2.46. The summed E-state index contributed by atoms with van der Waals surface area (Å²) < 4.78 is 22.4. The smallest absolute Gasteiger partial charge is 0.278 e. The van der Waals surface area contributed by atoms with Gasteiger partial charge < -0.3 is 14.7 Å². The van der Waals surface area contributed by atoms with E-state index in [0.717, 1.165) is 5.56 Å². The van der Waals surface area contributed by atoms with Gasteiger partial charge in [-0.05, 0) is 25.0 Å². The first kappa shape index (κ1) is 29.2. The Bertz CT molecular complexity index is 1320. The maximum absolute atomic E-state index is 15.0. The largest absolute Gasteiger partial charge is 0.502 e. The second-order valence-corrected chi connectivity index (χ2v) is 8.42. The molecule has 1 N–H and O–H groups in total. The van der Waals surface area contributed by atoms with Crippen LogP contribution in [0.4, 0.5) is 4.39 Å². The van der Waals surface area contributed by atoms with Crippen molar-refractivity contribution in [2.24, 2.45) is 0 Å². The van der Waals surface area contributed by atoms with Gasteiger partial charge in [0.15, 0.2) is 23.0 Å². The molecule has 0 unspecified atom stereocenters. The molecule has 0 saturated heterocycles. The highest BCUT2D eigenvalue weighted by Crippen LogP contribution is 2.38. The van der Waals surface area contributed by atoms with Crippen molar-refractivity contribution in [3.8, 4) is 11.5 Å². The molecular formula is C29H36FN3O4. The lowest BCUT2D eigenvalue weighted by Crippen LogP contribution is -2.57. The second-order valence-electron chi connectivity index (χ2n) is 8.42. The van der Waals surface area contributed by atoms with Gasteiger partial charge in [0.25, 0.3) is 5.91 Å². The van der Waals surface area contributed by atoms with Gasteiger partial charge in [0.05, 0.1) is 0 Å². The lowest BCUT2D eigenvalue weighted by atomic mass is 9.96. The number of halogens is 1. The van der Waals surface area contributed by atoms with Crippen LogP contribution in [0.5, 0.6) is 11.5 Å². The van der Waals surface area contributed by atoms with Gasteiger partial charge in [-0.1, -0.05) is 76.9 Å². The number of carbonyl (C=O) groups is 1. The fraction of sp³-hybridized carbons (Fsp3) is 0.310. The van der Waals surface area contributed by atoms with Gasteiger partial charge in [-0.15, -0.1) is 0 Å². The first-order chi connectivity index (χ1) is 16.5. The fourth-order valence-corrected chi connectivity index (χ4v) is 4.56. The highest BCUT2D eigenvalue weighted by Gasteiger charge is 2.39. The van der Waals surface area contributed by atoms with E-state index in [1.807, 2.05) is 48.3 Å². The van der Waals surface area contributed by atoms with E-state index in [4.69, 9.17) is 4.74 Å². The van der Waals surface area contributed by atoms with Gasteiger partial charge in [0.1, 0.15) is 19.3 Å². The predicted octanol–water partition coefficient (Wildman–Crippen LogP) is 5.47. The number of nitrogens with zero attached hydrogens (tertiary/aromatic N) is 3. The summed E-state index contributed by atoms with van der Waals surface area (Å²) in [7, 11) is 0. The summed E-state index contributed by atoms with van der Waals surface area (Å²) in [6.07, 6.45) is 5.68. The minimum Gasteiger partial charge on any atom is -0.502 e. The van der Waals surface area contributed by atoms with Crippen molar-refractivity contribution in [3.63, 3.8) is 0 Å². The number of benzene rings is 2. The van der Waals surface area contributed by atoms with Crippen LogP contribution in [0.1, 0.15) is 63.3 Å². The van der Waals surface area contributed by atoms with Crippen molar-refractivity contribution in [2.75, 3.05) is 18.3 Å². The molecule has 1 amide bonds. The Morgan fingerprint density at radius 3 is 2.43 bits per heavy atom. The quantitative estimate of drug-likeness (QED) is 0.441. The molecular weight excluding hydrogens is 473 g/mol. The topological polar surface area (TPSA) is 75.0 Å². The van der Waals surface area contributed by atoms with Crippen LogP contribution in [-0.4, -0.2) is 39.9 Å². The predicted molar refractivity (Wildman–Crippen MR) is 145 cm³/mol. The first-order valence-corrected chi connectivity index (χ1v) is 11.1. The number of hydrogen-bond acceptors (Lipinski definition) is 5. The zero-order valence-electron chi connectivity index (χ0n) is 18.6. The van der Waals surface area contributed by atoms with Crippen molar-refractivity contribution >= 4 is 5.91 Å². The van der Waals surface area contributed by atoms with Gasteiger partial charge in [-0.25, -0.2) is 4.39 Å². The highest BCUT2D eigenvalue weighted by molar-refractivity contribution is 5.96. The zero-order valence-corrected chi connectivity index (χ0v) is 18.6. The van der Waals surface area contributed by atoms with Gasteiger partial charge in [-0.2, -0.15) is 0 Å². The summed E-state index contributed by atoms with van der Waals surface area (Å²) in [4.78, 5) is 27.3. The molecule has 2 aromatic carbocycles. The van der Waals surface area contributed by atoms with E-state index in [-0.39, 0.29) is 53.0 Å². The molecule has 0 radical (unpaired) electrons. The molecule has 198 valence electrons. The van der Waals surface area contributed by atoms with Crippen LogP contribution in [0.15, 0.2) is 77.7 Å². The second kappa shape index (κ2) is 11.8. The van der Waals surface area contributed by atoms with Crippen molar-refractivity contribution in [3.05, 3.63) is 106 Å². The number of aromatic nitrogens is 1. The Morgan fingerprint density at radius 2 is 1.70 bits per heavy atom. The zero-order chi connectivity index (χ0) is 23.8. The molecule has 5 rings (SSSR count). The number of aromatic hydroxyl groups is 1. The third-order valence-corrected chi connectivity index (χ3v) is 6.30. The van der Waals surface area contributed by atoms with Crippen LogP contribution in [0.25, 0.3) is 0 Å². The summed E-state index contributed by atoms with van der Waals surface area (Å²) in [6.45, 7) is 2.24. The molecule has 8 heteroatoms. The number of fused-ring (bicyclic) bond motifs is 5. The Hall–Kier alpha value is -4.07. The van der Waals surface area contributed by atoms with Crippen LogP contribution in [0.3, 0.4) is 0 Å². The molecule has 0 aliphatic carbocycles. The van der Waals surface area contributed by atoms with Crippen molar-refractivity contribution in [2.45, 2.75) is 47.7 Å². The third-order valence-electron chi connectivity index (χ3n) is 6.30. The summed E-state index contributed by atoms with van der Waals surface area (Å²) in [6, 6.07) is 14.6. The van der Waals surface area contributed by atoms with Gasteiger partial charge in [-0.3, -0.25) is 19.3 Å². The van der Waals surface area contributed by atoms with Crippen LogP contribution in [0.2, 0.25) is 0 Å². The molecule has 7 nitrogen and oxygen atoms in total. The normalized spacial score (nSPS) is 19.2. The van der Waals surface area contributed by atoms with E-state index in [2.05, 4.69) is 0 Å². The maximum atomic E-state index is 15.0. The van der Waals surface area contributed by atoms with E-state index in [9.17, 15) is 14.7 Å². The van der Waals surface area contributed by atoms with E-state index in [1.165, 1.54) is 23.0 Å². The molecule has 2 bridgehead atoms. The van der Waals surface area contributed by atoms with Crippen LogP contribution in [-0.2, 0) is 0 Å². The number of pyridine rings is 1. The summed E-state index contributed by atoms with van der Waals surface area (Å²) in [5, 5.41) is 12.5. The van der Waals surface area contributed by atoms with Crippen LogP contribution in [0, 0.1) is 5.82 Å². The Morgan fingerprint density at radius 1 is 0.973 bits per heavy atom. The molecule has 1 aromatic heterocycles. The summed E-state index contributed by atoms with van der Waals surface area (Å²) in [5.41, 5.74) is 0.635. The molecule has 2 aliphatic rings. The molecule has 0 fully saturated rings. The Kier molecular flexibility index (Phi) is 9.28. The standard InChI is InChI=1S/C26H24FN3O4.3CH4/c1-17-8-5-6-15-34-25-19(11-7-12-20(25)27)22(18-9-3-2-4-10-18)30-16-28(17)26(33)23-24(32)21(31)13-14-29(23)30;;;/h2-7,9-14,17,22,32H,8,15-16H2,1H3;3*1H4/b6-5+;;;/t17-,22+;;;/m1.../s1. The fourth-order valence-electron chi connectivity index (χ4n) is 4.56. The van der Waals surface area contributed by atoms with Gasteiger partial charge in [0.2, 0.25) is 5.43 Å². The van der Waals surface area contributed by atoms with Crippen molar-refractivity contribution in [1.29, 1.82) is 0 Å². The number of amides is 1. The van der Waals surface area contributed by atoms with Crippen molar-refractivity contribution < 1.29 is 19.0 Å². The minimum absolute atomic E-state index is 0. The number of ether oxygens (including phenoxy) is 1. The van der Waals surface area contributed by atoms with E-state index < -0.39 is 28.9 Å². The third kappa shape index (κ3) is 5.09. The number of carbonyl (C=O) groups excluding carboxylic acids is 1. The number of para-hydroxylation sites is 1. The maximum Gasteiger partial charge on any atom is 0.278 e. The summed E-state index contributed by atoms with van der Waals surface area (Å²) in [5.74, 6) is -1.43.